The highest BCUT2D eigenvalue weighted by Crippen LogP contribution is 2.33. The van der Waals surface area contributed by atoms with Crippen molar-refractivity contribution in [3.8, 4) is 0 Å². The quantitative estimate of drug-likeness (QED) is 0.227. The van der Waals surface area contributed by atoms with E-state index in [0.717, 1.165) is 40.8 Å². The van der Waals surface area contributed by atoms with E-state index in [1.807, 2.05) is 36.4 Å². The molecule has 3 N–H and O–H groups in total. The Morgan fingerprint density at radius 2 is 1.98 bits per heavy atom. The van der Waals surface area contributed by atoms with Gasteiger partial charge >= 0.3 is 0 Å². The number of aromatic nitrogens is 2. The minimum Gasteiger partial charge on any atom is -0.483 e. The van der Waals surface area contributed by atoms with Crippen LogP contribution >= 0.6 is 22.9 Å². The first kappa shape index (κ1) is 31.6. The van der Waals surface area contributed by atoms with Gasteiger partial charge in [0.05, 0.1) is 40.7 Å². The van der Waals surface area contributed by atoms with E-state index in [2.05, 4.69) is 5.32 Å². The van der Waals surface area contributed by atoms with Crippen LogP contribution < -0.4 is 5.32 Å². The fraction of sp³-hybridized carbons (Fsp3) is 0.345. The van der Waals surface area contributed by atoms with Gasteiger partial charge in [-0.1, -0.05) is 48.0 Å². The van der Waals surface area contributed by atoms with Crippen molar-refractivity contribution in [1.29, 1.82) is 0 Å². The molecule has 224 valence electrons. The molecule has 5 rings (SSSR count). The van der Waals surface area contributed by atoms with Crippen molar-refractivity contribution in [3.63, 3.8) is 0 Å². The Bertz CT molecular complexity index is 1640. The maximum absolute atomic E-state index is 13.2. The molecule has 0 bridgehead atoms. The number of rotatable bonds is 9. The standard InChI is InChI=1S/C28H30ClN3O5S2.CH2O2/c1-18(33)22-8-3-9-24-27(22)23(17-39(35,36)26-11-10-25(29)38-26)31-32(24)15-20-6-2-5-19(13-20)14-30-28(34)21-7-4-12-37-16-21;2-1-3/h2-3,5-6,8-11,13,18,21,33H,4,7,12,14-17H2,1H3,(H,30,34);1H,(H,2,3)/t18?,21-;/m1./s1. The second kappa shape index (κ2) is 14.3. The lowest BCUT2D eigenvalue weighted by Gasteiger charge is -2.21. The maximum atomic E-state index is 13.2. The molecule has 1 unspecified atom stereocenters. The van der Waals surface area contributed by atoms with Gasteiger partial charge < -0.3 is 20.3 Å². The number of ether oxygens (including phenoxy) is 1. The van der Waals surface area contributed by atoms with E-state index < -0.39 is 15.9 Å². The zero-order valence-electron chi connectivity index (χ0n) is 22.9. The first-order valence-corrected chi connectivity index (χ1v) is 16.1. The van der Waals surface area contributed by atoms with Gasteiger partial charge in [-0.15, -0.1) is 11.3 Å². The van der Waals surface area contributed by atoms with Gasteiger partial charge in [0, 0.05) is 18.5 Å². The molecular weight excluding hydrogens is 602 g/mol. The third-order valence-corrected chi connectivity index (χ3v) is 10.3. The molecule has 2 aromatic carbocycles. The molecular formula is C29H32ClN3O7S2. The van der Waals surface area contributed by atoms with Gasteiger partial charge in [-0.2, -0.15) is 5.10 Å². The fourth-order valence-corrected chi connectivity index (χ4v) is 7.76. The minimum absolute atomic E-state index is 0.00158. The summed E-state index contributed by atoms with van der Waals surface area (Å²) in [5.41, 5.74) is 3.64. The molecule has 1 saturated heterocycles. The van der Waals surface area contributed by atoms with Crippen LogP contribution in [0.5, 0.6) is 0 Å². The van der Waals surface area contributed by atoms with E-state index in [9.17, 15) is 18.3 Å². The number of carboxylic acid groups (broad SMARTS) is 1. The maximum Gasteiger partial charge on any atom is 0.290 e. The third kappa shape index (κ3) is 7.75. The first-order chi connectivity index (χ1) is 20.1. The average Bonchev–Trinajstić information content (AvgIpc) is 3.56. The van der Waals surface area contributed by atoms with Crippen LogP contribution in [0, 0.1) is 5.92 Å². The highest BCUT2D eigenvalue weighted by atomic mass is 35.5. The molecule has 42 heavy (non-hydrogen) atoms. The smallest absolute Gasteiger partial charge is 0.290 e. The number of aliphatic hydroxyl groups excluding tert-OH is 1. The van der Waals surface area contributed by atoms with Gasteiger partial charge in [-0.3, -0.25) is 14.3 Å². The molecule has 1 fully saturated rings. The number of hydrogen-bond acceptors (Lipinski definition) is 8. The van der Waals surface area contributed by atoms with Crippen LogP contribution in [0.15, 0.2) is 58.8 Å². The van der Waals surface area contributed by atoms with E-state index in [4.69, 9.17) is 31.3 Å². The summed E-state index contributed by atoms with van der Waals surface area (Å²) in [7, 11) is -3.69. The van der Waals surface area contributed by atoms with Crippen molar-refractivity contribution in [3.05, 3.63) is 81.3 Å². The summed E-state index contributed by atoms with van der Waals surface area (Å²) >= 11 is 7.00. The molecule has 2 atom stereocenters. The number of aliphatic hydroxyl groups is 1. The van der Waals surface area contributed by atoms with Gasteiger partial charge in [0.2, 0.25) is 5.91 Å². The Morgan fingerprint density at radius 1 is 1.24 bits per heavy atom. The summed E-state index contributed by atoms with van der Waals surface area (Å²) in [6, 6.07) is 16.4. The lowest BCUT2D eigenvalue weighted by molar-refractivity contribution is -0.129. The highest BCUT2D eigenvalue weighted by molar-refractivity contribution is 7.92. The van der Waals surface area contributed by atoms with Crippen molar-refractivity contribution in [1.82, 2.24) is 15.1 Å². The van der Waals surface area contributed by atoms with Crippen LogP contribution in [0.4, 0.5) is 0 Å². The average molecular weight is 634 g/mol. The number of nitrogens with one attached hydrogen (secondary N) is 1. The number of fused-ring (bicyclic) bond motifs is 1. The molecule has 0 saturated carbocycles. The summed E-state index contributed by atoms with van der Waals surface area (Å²) in [4.78, 5) is 20.9. The number of carbonyl (C=O) groups is 2. The molecule has 4 aromatic rings. The Balaban J connectivity index is 0.00000129. The molecule has 2 aromatic heterocycles. The summed E-state index contributed by atoms with van der Waals surface area (Å²) in [6.45, 7) is 3.37. The number of nitrogens with zero attached hydrogens (tertiary/aromatic N) is 2. The number of halogens is 1. The number of thiophene rings is 1. The third-order valence-electron chi connectivity index (χ3n) is 6.84. The number of benzene rings is 2. The molecule has 1 aliphatic rings. The van der Waals surface area contributed by atoms with Crippen LogP contribution in [0.1, 0.15) is 48.3 Å². The second-order valence-corrected chi connectivity index (χ2v) is 13.8. The van der Waals surface area contributed by atoms with E-state index in [-0.39, 0.29) is 28.3 Å². The zero-order valence-corrected chi connectivity index (χ0v) is 25.3. The van der Waals surface area contributed by atoms with Gasteiger partial charge in [-0.25, -0.2) is 8.42 Å². The van der Waals surface area contributed by atoms with E-state index in [1.165, 1.54) is 6.07 Å². The topological polar surface area (TPSA) is 148 Å². The Morgan fingerprint density at radius 3 is 2.64 bits per heavy atom. The Labute approximate surface area is 252 Å². The summed E-state index contributed by atoms with van der Waals surface area (Å²) in [6.07, 6.45) is 0.932. The predicted molar refractivity (Wildman–Crippen MR) is 160 cm³/mol. The SMILES string of the molecule is CC(O)c1cccc2c1c(CS(=O)(=O)c1ccc(Cl)s1)nn2Cc1cccc(CNC(=O)[C@@H]2CCCOC2)c1.O=CO. The van der Waals surface area contributed by atoms with Gasteiger partial charge in [0.25, 0.3) is 6.47 Å². The highest BCUT2D eigenvalue weighted by Gasteiger charge is 2.25. The number of sulfone groups is 1. The summed E-state index contributed by atoms with van der Waals surface area (Å²) < 4.78 is 34.2. The molecule has 13 heteroatoms. The van der Waals surface area contributed by atoms with Gasteiger partial charge in [0.1, 0.15) is 9.96 Å². The second-order valence-electron chi connectivity index (χ2n) is 9.90. The van der Waals surface area contributed by atoms with Gasteiger partial charge in [-0.05, 0) is 54.7 Å². The van der Waals surface area contributed by atoms with Crippen molar-refractivity contribution < 1.29 is 33.0 Å². The molecule has 10 nitrogen and oxygen atoms in total. The predicted octanol–water partition coefficient (Wildman–Crippen LogP) is 4.57. The van der Waals surface area contributed by atoms with Crippen molar-refractivity contribution in [2.75, 3.05) is 13.2 Å². The van der Waals surface area contributed by atoms with Crippen LogP contribution in [-0.4, -0.2) is 54.0 Å². The number of carbonyl (C=O) groups excluding carboxylic acids is 1. The number of amides is 1. The van der Waals surface area contributed by atoms with Gasteiger partial charge in [0.15, 0.2) is 9.84 Å². The van der Waals surface area contributed by atoms with Crippen LogP contribution in [0.3, 0.4) is 0 Å². The molecule has 1 amide bonds. The fourth-order valence-electron chi connectivity index (χ4n) is 4.91. The molecule has 0 radical (unpaired) electrons. The van der Waals surface area contributed by atoms with Crippen molar-refractivity contribution >= 4 is 56.1 Å². The van der Waals surface area contributed by atoms with Crippen molar-refractivity contribution in [2.24, 2.45) is 5.92 Å². The normalized spacial score (nSPS) is 15.9. The molecule has 3 heterocycles. The zero-order chi connectivity index (χ0) is 30.3. The largest absolute Gasteiger partial charge is 0.483 e. The van der Waals surface area contributed by atoms with E-state index >= 15 is 0 Å². The monoisotopic (exact) mass is 633 g/mol. The number of hydrogen-bond donors (Lipinski definition) is 3. The summed E-state index contributed by atoms with van der Waals surface area (Å²) in [5.74, 6) is -0.421. The van der Waals surface area contributed by atoms with E-state index in [1.54, 1.807) is 23.7 Å². The lowest BCUT2D eigenvalue weighted by atomic mass is 10.0. The van der Waals surface area contributed by atoms with Crippen LogP contribution in [0.25, 0.3) is 10.9 Å². The Hall–Kier alpha value is -3.29. The minimum atomic E-state index is -3.69. The van der Waals surface area contributed by atoms with Crippen LogP contribution in [-0.2, 0) is 43.0 Å². The van der Waals surface area contributed by atoms with Crippen molar-refractivity contribution in [2.45, 2.75) is 48.9 Å². The molecule has 1 aliphatic heterocycles. The van der Waals surface area contributed by atoms with Crippen LogP contribution in [0.2, 0.25) is 4.34 Å². The molecule has 0 spiro atoms. The lowest BCUT2D eigenvalue weighted by Crippen LogP contribution is -2.35. The summed E-state index contributed by atoms with van der Waals surface area (Å²) in [5, 5.41) is 25.7. The Kier molecular flexibility index (Phi) is 10.7. The van der Waals surface area contributed by atoms with E-state index in [0.29, 0.717) is 47.3 Å². The molecule has 0 aliphatic carbocycles. The first-order valence-electron chi connectivity index (χ1n) is 13.3.